The monoisotopic (exact) mass is 125 g/mol. The number of hydrogen-bond donors (Lipinski definition) is 0. The van der Waals surface area contributed by atoms with Crippen LogP contribution in [0.4, 0.5) is 0 Å². The molecule has 0 radical (unpaired) electrons. The molecular formula is C8H15N. The van der Waals surface area contributed by atoms with Gasteiger partial charge in [0.1, 0.15) is 0 Å². The van der Waals surface area contributed by atoms with Crippen LogP contribution in [0.3, 0.4) is 0 Å². The quantitative estimate of drug-likeness (QED) is 0.509. The van der Waals surface area contributed by atoms with Gasteiger partial charge in [0.25, 0.3) is 0 Å². The van der Waals surface area contributed by atoms with Crippen LogP contribution >= 0.6 is 0 Å². The Morgan fingerprint density at radius 2 is 2.22 bits per heavy atom. The van der Waals surface area contributed by atoms with Crippen LogP contribution in [0.15, 0.2) is 4.99 Å². The van der Waals surface area contributed by atoms with Crippen molar-refractivity contribution in [2.24, 2.45) is 16.8 Å². The van der Waals surface area contributed by atoms with Crippen LogP contribution in [-0.4, -0.2) is 12.3 Å². The molecule has 0 aromatic rings. The van der Waals surface area contributed by atoms with E-state index in [-0.39, 0.29) is 0 Å². The van der Waals surface area contributed by atoms with E-state index in [1.807, 2.05) is 0 Å². The molecule has 0 bridgehead atoms. The molecule has 1 rings (SSSR count). The Kier molecular flexibility index (Phi) is 1.89. The molecule has 0 fully saturated rings. The average molecular weight is 125 g/mol. The summed E-state index contributed by atoms with van der Waals surface area (Å²) >= 11 is 0. The van der Waals surface area contributed by atoms with Crippen molar-refractivity contribution in [2.45, 2.75) is 27.2 Å². The van der Waals surface area contributed by atoms with Gasteiger partial charge in [-0.1, -0.05) is 13.8 Å². The fourth-order valence-electron chi connectivity index (χ4n) is 1.23. The van der Waals surface area contributed by atoms with Crippen molar-refractivity contribution in [2.75, 3.05) is 6.54 Å². The van der Waals surface area contributed by atoms with Gasteiger partial charge < -0.3 is 0 Å². The van der Waals surface area contributed by atoms with Gasteiger partial charge in [0.05, 0.1) is 0 Å². The van der Waals surface area contributed by atoms with Crippen LogP contribution < -0.4 is 0 Å². The first-order valence-corrected chi connectivity index (χ1v) is 3.70. The van der Waals surface area contributed by atoms with E-state index in [1.165, 1.54) is 12.1 Å². The summed E-state index contributed by atoms with van der Waals surface area (Å²) in [5.41, 5.74) is 1.34. The molecule has 0 aromatic carbocycles. The molecule has 0 N–H and O–H groups in total. The van der Waals surface area contributed by atoms with Crippen LogP contribution in [0, 0.1) is 11.8 Å². The van der Waals surface area contributed by atoms with Crippen molar-refractivity contribution in [3.63, 3.8) is 0 Å². The van der Waals surface area contributed by atoms with Crippen LogP contribution in [0.2, 0.25) is 0 Å². The molecule has 1 aliphatic rings. The lowest BCUT2D eigenvalue weighted by Crippen LogP contribution is -2.08. The van der Waals surface area contributed by atoms with E-state index in [9.17, 15) is 0 Å². The Labute approximate surface area is 57.2 Å². The minimum atomic E-state index is 0.811. The molecule has 1 aliphatic heterocycles. The fraction of sp³-hybridized carbons (Fsp3) is 0.875. The lowest BCUT2D eigenvalue weighted by molar-refractivity contribution is 0.426. The van der Waals surface area contributed by atoms with Gasteiger partial charge in [-0.15, -0.1) is 0 Å². The minimum absolute atomic E-state index is 0.811. The maximum atomic E-state index is 4.36. The van der Waals surface area contributed by atoms with E-state index >= 15 is 0 Å². The van der Waals surface area contributed by atoms with E-state index in [2.05, 4.69) is 25.8 Å². The van der Waals surface area contributed by atoms with E-state index in [1.54, 1.807) is 0 Å². The molecular weight excluding hydrogens is 110 g/mol. The summed E-state index contributed by atoms with van der Waals surface area (Å²) in [6, 6.07) is 0. The standard InChI is InChI=1S/C8H15N/c1-6(2)8-4-7(3)9-5-8/h6,8H,4-5H2,1-3H3. The summed E-state index contributed by atoms with van der Waals surface area (Å²) in [6.45, 7) is 7.75. The van der Waals surface area contributed by atoms with Gasteiger partial charge in [-0.05, 0) is 25.2 Å². The second-order valence-corrected chi connectivity index (χ2v) is 3.28. The highest BCUT2D eigenvalue weighted by Gasteiger charge is 2.18. The molecule has 0 amide bonds. The first kappa shape index (κ1) is 6.79. The van der Waals surface area contributed by atoms with Crippen molar-refractivity contribution in [3.05, 3.63) is 0 Å². The molecule has 0 saturated carbocycles. The summed E-state index contributed by atoms with van der Waals surface area (Å²) in [5.74, 6) is 1.65. The Balaban J connectivity index is 2.37. The highest BCUT2D eigenvalue weighted by molar-refractivity contribution is 5.83. The largest absolute Gasteiger partial charge is 0.294 e. The summed E-state index contributed by atoms with van der Waals surface area (Å²) < 4.78 is 0. The summed E-state index contributed by atoms with van der Waals surface area (Å²) in [4.78, 5) is 4.36. The van der Waals surface area contributed by atoms with Crippen molar-refractivity contribution < 1.29 is 0 Å². The number of nitrogens with zero attached hydrogens (tertiary/aromatic N) is 1. The first-order valence-electron chi connectivity index (χ1n) is 3.70. The number of rotatable bonds is 1. The minimum Gasteiger partial charge on any atom is -0.294 e. The topological polar surface area (TPSA) is 12.4 Å². The normalized spacial score (nSPS) is 27.1. The Hall–Kier alpha value is -0.330. The van der Waals surface area contributed by atoms with Gasteiger partial charge >= 0.3 is 0 Å². The maximum Gasteiger partial charge on any atom is 0.0422 e. The Morgan fingerprint density at radius 1 is 1.56 bits per heavy atom. The molecule has 1 heteroatoms. The maximum absolute atomic E-state index is 4.36. The Bertz CT molecular complexity index is 125. The predicted molar refractivity (Wildman–Crippen MR) is 40.9 cm³/mol. The SMILES string of the molecule is CC1=NCC(C(C)C)C1. The molecule has 1 unspecified atom stereocenters. The van der Waals surface area contributed by atoms with Gasteiger partial charge in [0.2, 0.25) is 0 Å². The highest BCUT2D eigenvalue weighted by Crippen LogP contribution is 2.21. The van der Waals surface area contributed by atoms with E-state index in [0.717, 1.165) is 18.4 Å². The summed E-state index contributed by atoms with van der Waals surface area (Å²) in [6.07, 6.45) is 1.23. The molecule has 9 heavy (non-hydrogen) atoms. The number of aliphatic imine (C=N–C) groups is 1. The van der Waals surface area contributed by atoms with Crippen LogP contribution in [0.1, 0.15) is 27.2 Å². The summed E-state index contributed by atoms with van der Waals surface area (Å²) in [7, 11) is 0. The van der Waals surface area contributed by atoms with Crippen LogP contribution in [0.5, 0.6) is 0 Å². The lowest BCUT2D eigenvalue weighted by atomic mass is 9.93. The molecule has 1 nitrogen and oxygen atoms in total. The smallest absolute Gasteiger partial charge is 0.0422 e. The van der Waals surface area contributed by atoms with Gasteiger partial charge in [-0.2, -0.15) is 0 Å². The molecule has 0 saturated heterocycles. The van der Waals surface area contributed by atoms with Gasteiger partial charge in [-0.3, -0.25) is 4.99 Å². The van der Waals surface area contributed by atoms with Gasteiger partial charge in [0, 0.05) is 12.3 Å². The third kappa shape index (κ3) is 1.54. The first-order chi connectivity index (χ1) is 4.20. The average Bonchev–Trinajstić information content (AvgIpc) is 2.14. The van der Waals surface area contributed by atoms with Crippen molar-refractivity contribution in [1.82, 2.24) is 0 Å². The van der Waals surface area contributed by atoms with Crippen LogP contribution in [-0.2, 0) is 0 Å². The third-order valence-corrected chi connectivity index (χ3v) is 2.10. The molecule has 1 heterocycles. The lowest BCUT2D eigenvalue weighted by Gasteiger charge is -2.11. The Morgan fingerprint density at radius 3 is 2.44 bits per heavy atom. The molecule has 0 aliphatic carbocycles. The highest BCUT2D eigenvalue weighted by atomic mass is 14.8. The zero-order valence-electron chi connectivity index (χ0n) is 6.52. The predicted octanol–water partition coefficient (Wildman–Crippen LogP) is 2.12. The third-order valence-electron chi connectivity index (χ3n) is 2.10. The molecule has 1 atom stereocenters. The van der Waals surface area contributed by atoms with Gasteiger partial charge in [-0.25, -0.2) is 0 Å². The number of hydrogen-bond acceptors (Lipinski definition) is 1. The summed E-state index contributed by atoms with van der Waals surface area (Å²) in [5, 5.41) is 0. The van der Waals surface area contributed by atoms with Crippen LogP contribution in [0.25, 0.3) is 0 Å². The van der Waals surface area contributed by atoms with Crippen molar-refractivity contribution in [1.29, 1.82) is 0 Å². The van der Waals surface area contributed by atoms with E-state index in [0.29, 0.717) is 0 Å². The van der Waals surface area contributed by atoms with Crippen molar-refractivity contribution in [3.8, 4) is 0 Å². The van der Waals surface area contributed by atoms with Gasteiger partial charge in [0.15, 0.2) is 0 Å². The molecule has 0 spiro atoms. The van der Waals surface area contributed by atoms with E-state index in [4.69, 9.17) is 0 Å². The van der Waals surface area contributed by atoms with Crippen molar-refractivity contribution >= 4 is 5.71 Å². The van der Waals surface area contributed by atoms with E-state index < -0.39 is 0 Å². The zero-order valence-corrected chi connectivity index (χ0v) is 6.52. The molecule has 52 valence electrons. The zero-order chi connectivity index (χ0) is 6.85. The molecule has 0 aromatic heterocycles. The second-order valence-electron chi connectivity index (χ2n) is 3.28. The second kappa shape index (κ2) is 2.51. The fourth-order valence-corrected chi connectivity index (χ4v) is 1.23.